The molecule has 1 aliphatic heterocycles. The molecular weight excluding hydrogens is 216 g/mol. The highest BCUT2D eigenvalue weighted by Gasteiger charge is 2.30. The topological polar surface area (TPSA) is 57.7 Å². The largest absolute Gasteiger partial charge is 0.327 e. The fraction of sp³-hybridized carbons (Fsp3) is 0.889. The molecule has 0 aromatic carbocycles. The fourth-order valence-electron chi connectivity index (χ4n) is 1.61. The summed E-state index contributed by atoms with van der Waals surface area (Å²) in [5.41, 5.74) is 0. The molecule has 0 N–H and O–H groups in total. The van der Waals surface area contributed by atoms with Crippen LogP contribution < -0.4 is 0 Å². The van der Waals surface area contributed by atoms with E-state index in [1.165, 1.54) is 4.31 Å². The number of carbonyl (C=O) groups excluding carboxylic acids is 1. The van der Waals surface area contributed by atoms with Crippen molar-refractivity contribution in [3.05, 3.63) is 0 Å². The average Bonchev–Trinajstić information content (AvgIpc) is 2.66. The fourth-order valence-corrected chi connectivity index (χ4v) is 3.05. The van der Waals surface area contributed by atoms with Crippen molar-refractivity contribution < 1.29 is 13.2 Å². The minimum Gasteiger partial charge on any atom is -0.327 e. The van der Waals surface area contributed by atoms with E-state index in [4.69, 9.17) is 0 Å². The van der Waals surface area contributed by atoms with Gasteiger partial charge in [-0.3, -0.25) is 4.79 Å². The van der Waals surface area contributed by atoms with Gasteiger partial charge in [-0.2, -0.15) is 4.31 Å². The third kappa shape index (κ3) is 2.92. The summed E-state index contributed by atoms with van der Waals surface area (Å²) in [5, 5.41) is 0. The Balaban J connectivity index is 2.60. The molecule has 0 atom stereocenters. The first kappa shape index (κ1) is 12.4. The lowest BCUT2D eigenvalue weighted by atomic mass is 10.4. The van der Waals surface area contributed by atoms with E-state index in [9.17, 15) is 13.2 Å². The Morgan fingerprint density at radius 2 is 1.93 bits per heavy atom. The van der Waals surface area contributed by atoms with Gasteiger partial charge in [-0.25, -0.2) is 8.42 Å². The van der Waals surface area contributed by atoms with Gasteiger partial charge in [-0.15, -0.1) is 0 Å². The molecule has 88 valence electrons. The minimum atomic E-state index is -3.15. The van der Waals surface area contributed by atoms with Crippen molar-refractivity contribution in [3.8, 4) is 0 Å². The number of rotatable bonds is 4. The number of nitrogens with zero attached hydrogens (tertiary/aromatic N) is 2. The highest BCUT2D eigenvalue weighted by Crippen LogP contribution is 2.12. The monoisotopic (exact) mass is 234 g/mol. The highest BCUT2D eigenvalue weighted by atomic mass is 32.2. The second kappa shape index (κ2) is 4.94. The Bertz CT molecular complexity index is 326. The summed E-state index contributed by atoms with van der Waals surface area (Å²) in [5.74, 6) is 0.186. The smallest absolute Gasteiger partial charge is 0.223 e. The SMILES string of the molecule is CCCS(=O)(=O)N1CCN(C(=O)CC)C1. The van der Waals surface area contributed by atoms with Gasteiger partial charge in [-0.1, -0.05) is 13.8 Å². The van der Waals surface area contributed by atoms with Gasteiger partial charge in [0.05, 0.1) is 12.4 Å². The van der Waals surface area contributed by atoms with E-state index >= 15 is 0 Å². The number of sulfonamides is 1. The molecule has 1 fully saturated rings. The van der Waals surface area contributed by atoms with Crippen molar-refractivity contribution in [2.24, 2.45) is 0 Å². The number of amides is 1. The molecule has 0 bridgehead atoms. The third-order valence-electron chi connectivity index (χ3n) is 2.46. The standard InChI is InChI=1S/C9H18N2O3S/c1-3-7-15(13,14)11-6-5-10(8-11)9(12)4-2/h3-8H2,1-2H3. The predicted molar refractivity (Wildman–Crippen MR) is 57.7 cm³/mol. The van der Waals surface area contributed by atoms with Crippen LogP contribution >= 0.6 is 0 Å². The second-order valence-corrected chi connectivity index (χ2v) is 5.73. The van der Waals surface area contributed by atoms with Gasteiger partial charge in [0, 0.05) is 19.5 Å². The first-order valence-corrected chi connectivity index (χ1v) is 6.87. The molecule has 0 saturated carbocycles. The summed E-state index contributed by atoms with van der Waals surface area (Å²) in [6.45, 7) is 4.81. The molecule has 1 aliphatic rings. The van der Waals surface area contributed by atoms with Crippen LogP contribution in [-0.4, -0.2) is 49.0 Å². The van der Waals surface area contributed by atoms with Crippen LogP contribution in [0.3, 0.4) is 0 Å². The van der Waals surface area contributed by atoms with Gasteiger partial charge < -0.3 is 4.90 Å². The van der Waals surface area contributed by atoms with Crippen LogP contribution in [0.2, 0.25) is 0 Å². The number of hydrogen-bond acceptors (Lipinski definition) is 3. The van der Waals surface area contributed by atoms with Crippen molar-refractivity contribution >= 4 is 15.9 Å². The van der Waals surface area contributed by atoms with E-state index in [0.29, 0.717) is 25.9 Å². The number of carbonyl (C=O) groups is 1. The molecule has 1 rings (SSSR count). The van der Waals surface area contributed by atoms with E-state index in [1.807, 2.05) is 6.92 Å². The van der Waals surface area contributed by atoms with E-state index in [0.717, 1.165) is 0 Å². The van der Waals surface area contributed by atoms with Crippen molar-refractivity contribution in [2.45, 2.75) is 26.7 Å². The van der Waals surface area contributed by atoms with Gasteiger partial charge in [-0.05, 0) is 6.42 Å². The molecule has 0 aromatic rings. The molecule has 6 heteroatoms. The zero-order valence-electron chi connectivity index (χ0n) is 9.27. The molecule has 0 aromatic heterocycles. The zero-order chi connectivity index (χ0) is 11.5. The van der Waals surface area contributed by atoms with E-state index in [2.05, 4.69) is 0 Å². The molecular formula is C9H18N2O3S. The maximum atomic E-state index is 11.7. The zero-order valence-corrected chi connectivity index (χ0v) is 10.1. The minimum absolute atomic E-state index is 0.0178. The maximum absolute atomic E-state index is 11.7. The summed E-state index contributed by atoms with van der Waals surface area (Å²) in [6.07, 6.45) is 1.04. The predicted octanol–water partition coefficient (Wildman–Crippen LogP) is 0.238. The van der Waals surface area contributed by atoms with Gasteiger partial charge in [0.1, 0.15) is 0 Å². The van der Waals surface area contributed by atoms with Crippen LogP contribution in [0.5, 0.6) is 0 Å². The Labute approximate surface area is 91.1 Å². The molecule has 0 unspecified atom stereocenters. The first-order chi connectivity index (χ1) is 7.01. The lowest BCUT2D eigenvalue weighted by Crippen LogP contribution is -2.34. The molecule has 15 heavy (non-hydrogen) atoms. The van der Waals surface area contributed by atoms with Gasteiger partial charge in [0.15, 0.2) is 0 Å². The lowest BCUT2D eigenvalue weighted by molar-refractivity contribution is -0.130. The molecule has 0 aliphatic carbocycles. The van der Waals surface area contributed by atoms with E-state index < -0.39 is 10.0 Å². The van der Waals surface area contributed by atoms with Crippen molar-refractivity contribution in [1.82, 2.24) is 9.21 Å². The van der Waals surface area contributed by atoms with E-state index in [-0.39, 0.29) is 18.3 Å². The lowest BCUT2D eigenvalue weighted by Gasteiger charge is -2.17. The number of hydrogen-bond donors (Lipinski definition) is 0. The van der Waals surface area contributed by atoms with Crippen molar-refractivity contribution in [2.75, 3.05) is 25.5 Å². The van der Waals surface area contributed by atoms with Crippen LogP contribution in [0.25, 0.3) is 0 Å². The maximum Gasteiger partial charge on any atom is 0.223 e. The van der Waals surface area contributed by atoms with Crippen molar-refractivity contribution in [3.63, 3.8) is 0 Å². The van der Waals surface area contributed by atoms with Crippen LogP contribution in [0.4, 0.5) is 0 Å². The third-order valence-corrected chi connectivity index (χ3v) is 4.47. The first-order valence-electron chi connectivity index (χ1n) is 5.26. The molecule has 1 heterocycles. The Kier molecular flexibility index (Phi) is 4.10. The summed E-state index contributed by atoms with van der Waals surface area (Å²) in [4.78, 5) is 12.9. The van der Waals surface area contributed by atoms with Crippen molar-refractivity contribution in [1.29, 1.82) is 0 Å². The average molecular weight is 234 g/mol. The van der Waals surface area contributed by atoms with Crippen LogP contribution in [-0.2, 0) is 14.8 Å². The molecule has 5 nitrogen and oxygen atoms in total. The summed E-state index contributed by atoms with van der Waals surface area (Å²) in [7, 11) is -3.15. The normalized spacial score (nSPS) is 18.4. The van der Waals surface area contributed by atoms with Crippen LogP contribution in [0.1, 0.15) is 26.7 Å². The second-order valence-electron chi connectivity index (χ2n) is 3.64. The molecule has 1 saturated heterocycles. The van der Waals surface area contributed by atoms with Gasteiger partial charge in [0.25, 0.3) is 0 Å². The molecule has 1 amide bonds. The molecule has 0 radical (unpaired) electrons. The Morgan fingerprint density at radius 3 is 2.47 bits per heavy atom. The van der Waals surface area contributed by atoms with Gasteiger partial charge >= 0.3 is 0 Å². The summed E-state index contributed by atoms with van der Waals surface area (Å²) in [6, 6.07) is 0. The molecule has 0 spiro atoms. The Hall–Kier alpha value is -0.620. The van der Waals surface area contributed by atoms with Gasteiger partial charge in [0.2, 0.25) is 15.9 Å². The Morgan fingerprint density at radius 1 is 1.27 bits per heavy atom. The van der Waals surface area contributed by atoms with E-state index in [1.54, 1.807) is 11.8 Å². The summed E-state index contributed by atoms with van der Waals surface area (Å²) < 4.78 is 24.7. The van der Waals surface area contributed by atoms with Crippen LogP contribution in [0, 0.1) is 0 Å². The highest BCUT2D eigenvalue weighted by molar-refractivity contribution is 7.89. The van der Waals surface area contributed by atoms with Crippen LogP contribution in [0.15, 0.2) is 0 Å². The summed E-state index contributed by atoms with van der Waals surface area (Å²) >= 11 is 0. The quantitative estimate of drug-likeness (QED) is 0.700.